The Morgan fingerprint density at radius 1 is 1.35 bits per heavy atom. The molecule has 0 bridgehead atoms. The quantitative estimate of drug-likeness (QED) is 0.879. The molecule has 0 radical (unpaired) electrons. The van der Waals surface area contributed by atoms with Crippen molar-refractivity contribution in [3.8, 4) is 0 Å². The molecule has 0 aliphatic heterocycles. The maximum Gasteiger partial charge on any atom is 0.263 e. The molecule has 1 fully saturated rings. The van der Waals surface area contributed by atoms with Gasteiger partial charge in [-0.15, -0.1) is 0 Å². The Morgan fingerprint density at radius 2 is 2.00 bits per heavy atom. The van der Waals surface area contributed by atoms with Crippen LogP contribution in [0.15, 0.2) is 0 Å². The molecule has 0 spiro atoms. The van der Waals surface area contributed by atoms with Crippen LogP contribution < -0.4 is 11.1 Å². The van der Waals surface area contributed by atoms with Gasteiger partial charge in [-0.3, -0.25) is 4.79 Å². The fraction of sp³-hybridized carbons (Fsp3) is 0.733. The highest BCUT2D eigenvalue weighted by atomic mass is 32.1. The van der Waals surface area contributed by atoms with Crippen LogP contribution in [0.2, 0.25) is 0 Å². The van der Waals surface area contributed by atoms with Crippen LogP contribution in [0.5, 0.6) is 0 Å². The van der Waals surface area contributed by atoms with Gasteiger partial charge in [-0.25, -0.2) is 4.98 Å². The Morgan fingerprint density at radius 3 is 2.55 bits per heavy atom. The lowest BCUT2D eigenvalue weighted by molar-refractivity contribution is 0.0833. The van der Waals surface area contributed by atoms with Crippen LogP contribution in [0.4, 0.5) is 5.13 Å². The fourth-order valence-corrected chi connectivity index (χ4v) is 3.94. The summed E-state index contributed by atoms with van der Waals surface area (Å²) in [6.45, 7) is 8.62. The van der Waals surface area contributed by atoms with Gasteiger partial charge in [0.05, 0.1) is 5.69 Å². The normalized spacial score (nSPS) is 23.6. The summed E-state index contributed by atoms with van der Waals surface area (Å²) < 4.78 is 0. The number of carbonyl (C=O) groups excluding carboxylic acids is 1. The highest BCUT2D eigenvalue weighted by Gasteiger charge is 2.35. The van der Waals surface area contributed by atoms with E-state index in [9.17, 15) is 4.79 Å². The van der Waals surface area contributed by atoms with Gasteiger partial charge >= 0.3 is 0 Å². The maximum absolute atomic E-state index is 12.4. The Balaban J connectivity index is 2.11. The van der Waals surface area contributed by atoms with E-state index in [-0.39, 0.29) is 17.4 Å². The minimum atomic E-state index is -0.0159. The number of aromatic nitrogens is 1. The van der Waals surface area contributed by atoms with Gasteiger partial charge in [0, 0.05) is 6.04 Å². The molecule has 1 aromatic rings. The monoisotopic (exact) mass is 295 g/mol. The van der Waals surface area contributed by atoms with Gasteiger partial charge in [-0.1, -0.05) is 44.9 Å². The smallest absolute Gasteiger partial charge is 0.263 e. The van der Waals surface area contributed by atoms with E-state index in [1.165, 1.54) is 30.6 Å². The molecule has 112 valence electrons. The van der Waals surface area contributed by atoms with E-state index in [1.807, 2.05) is 6.92 Å². The summed E-state index contributed by atoms with van der Waals surface area (Å²) in [6, 6.07) is 0.263. The zero-order valence-electron chi connectivity index (χ0n) is 12.8. The Kier molecular flexibility index (Phi) is 4.37. The first-order valence-corrected chi connectivity index (χ1v) is 8.14. The third-order valence-corrected chi connectivity index (χ3v) is 5.20. The molecule has 2 unspecified atom stereocenters. The van der Waals surface area contributed by atoms with E-state index in [0.717, 1.165) is 12.1 Å². The molecule has 2 atom stereocenters. The number of nitrogens with two attached hydrogens (primary N) is 1. The van der Waals surface area contributed by atoms with Crippen molar-refractivity contribution in [3.63, 3.8) is 0 Å². The van der Waals surface area contributed by atoms with Gasteiger partial charge in [-0.2, -0.15) is 0 Å². The van der Waals surface area contributed by atoms with Gasteiger partial charge in [0.25, 0.3) is 5.91 Å². The minimum Gasteiger partial charge on any atom is -0.375 e. The fourth-order valence-electron chi connectivity index (χ4n) is 3.20. The molecule has 1 heterocycles. The second-order valence-electron chi connectivity index (χ2n) is 6.80. The molecule has 0 saturated heterocycles. The van der Waals surface area contributed by atoms with Crippen LogP contribution in [-0.2, 0) is 0 Å². The van der Waals surface area contributed by atoms with E-state index in [4.69, 9.17) is 5.73 Å². The van der Waals surface area contributed by atoms with Crippen molar-refractivity contribution in [1.29, 1.82) is 0 Å². The molecule has 20 heavy (non-hydrogen) atoms. The molecule has 1 aliphatic rings. The summed E-state index contributed by atoms with van der Waals surface area (Å²) in [5, 5.41) is 3.68. The Hall–Kier alpha value is -1.10. The Bertz CT molecular complexity index is 490. The van der Waals surface area contributed by atoms with Gasteiger partial charge in [-0.05, 0) is 31.1 Å². The van der Waals surface area contributed by atoms with Crippen LogP contribution >= 0.6 is 11.3 Å². The first kappa shape index (κ1) is 15.3. The first-order chi connectivity index (χ1) is 9.29. The summed E-state index contributed by atoms with van der Waals surface area (Å²) in [6.07, 6.45) is 4.72. The number of hydrogen-bond donors (Lipinski definition) is 2. The largest absolute Gasteiger partial charge is 0.375 e. The van der Waals surface area contributed by atoms with Crippen LogP contribution in [0.3, 0.4) is 0 Å². The molecule has 2 rings (SSSR count). The number of aryl methyl sites for hydroxylation is 1. The van der Waals surface area contributed by atoms with E-state index < -0.39 is 0 Å². The van der Waals surface area contributed by atoms with Crippen molar-refractivity contribution in [2.45, 2.75) is 59.4 Å². The highest BCUT2D eigenvalue weighted by Crippen LogP contribution is 2.38. The zero-order chi connectivity index (χ0) is 14.9. The van der Waals surface area contributed by atoms with Crippen molar-refractivity contribution >= 4 is 22.4 Å². The topological polar surface area (TPSA) is 68.0 Å². The van der Waals surface area contributed by atoms with E-state index in [1.54, 1.807) is 0 Å². The molecular weight excluding hydrogens is 270 g/mol. The van der Waals surface area contributed by atoms with Crippen LogP contribution in [0.1, 0.15) is 61.8 Å². The summed E-state index contributed by atoms with van der Waals surface area (Å²) in [7, 11) is 0. The Labute approximate surface area is 125 Å². The van der Waals surface area contributed by atoms with Gasteiger partial charge in [0.15, 0.2) is 5.13 Å². The molecule has 5 heteroatoms. The number of anilines is 1. The van der Waals surface area contributed by atoms with Crippen molar-refractivity contribution in [3.05, 3.63) is 10.6 Å². The summed E-state index contributed by atoms with van der Waals surface area (Å²) >= 11 is 1.27. The van der Waals surface area contributed by atoms with E-state index >= 15 is 0 Å². The summed E-state index contributed by atoms with van der Waals surface area (Å²) in [5.41, 5.74) is 6.63. The lowest BCUT2D eigenvalue weighted by Crippen LogP contribution is -2.46. The van der Waals surface area contributed by atoms with Crippen molar-refractivity contribution in [2.24, 2.45) is 11.3 Å². The predicted molar refractivity (Wildman–Crippen MR) is 83.9 cm³/mol. The minimum absolute atomic E-state index is 0.0159. The number of carbonyl (C=O) groups is 1. The number of nitrogens with one attached hydrogen (secondary N) is 1. The van der Waals surface area contributed by atoms with Crippen LogP contribution in [0.25, 0.3) is 0 Å². The molecule has 1 saturated carbocycles. The number of thiazole rings is 1. The van der Waals surface area contributed by atoms with Crippen molar-refractivity contribution in [1.82, 2.24) is 10.3 Å². The summed E-state index contributed by atoms with van der Waals surface area (Å²) in [4.78, 5) is 17.2. The molecule has 1 aromatic heterocycles. The average molecular weight is 295 g/mol. The molecule has 3 N–H and O–H groups in total. The maximum atomic E-state index is 12.4. The third kappa shape index (κ3) is 3.32. The standard InChI is InChI=1S/C15H25N3OS/c1-9-12(20-14(16)17-9)13(19)18-11-8-6-5-7-10(11)15(2,3)4/h10-11H,5-8H2,1-4H3,(H2,16,17)(H,18,19). The van der Waals surface area contributed by atoms with Crippen LogP contribution in [0, 0.1) is 18.3 Å². The molecule has 0 aromatic carbocycles. The summed E-state index contributed by atoms with van der Waals surface area (Å²) in [5.74, 6) is 0.517. The second-order valence-corrected chi connectivity index (χ2v) is 7.83. The second kappa shape index (κ2) is 5.72. The first-order valence-electron chi connectivity index (χ1n) is 7.33. The van der Waals surface area contributed by atoms with Gasteiger partial charge < -0.3 is 11.1 Å². The van der Waals surface area contributed by atoms with E-state index in [2.05, 4.69) is 31.1 Å². The van der Waals surface area contributed by atoms with Crippen molar-refractivity contribution < 1.29 is 4.79 Å². The molecule has 1 amide bonds. The molecule has 4 nitrogen and oxygen atoms in total. The number of hydrogen-bond acceptors (Lipinski definition) is 4. The predicted octanol–water partition coefficient (Wildman–Crippen LogP) is 3.37. The number of nitrogen functional groups attached to an aromatic ring is 1. The SMILES string of the molecule is Cc1nc(N)sc1C(=O)NC1CCCCC1C(C)(C)C. The van der Waals surface area contributed by atoms with Crippen LogP contribution in [-0.4, -0.2) is 16.9 Å². The van der Waals surface area contributed by atoms with Gasteiger partial charge in [0.2, 0.25) is 0 Å². The van der Waals surface area contributed by atoms with E-state index in [0.29, 0.717) is 15.9 Å². The van der Waals surface area contributed by atoms with Gasteiger partial charge in [0.1, 0.15) is 4.88 Å². The van der Waals surface area contributed by atoms with Crippen molar-refractivity contribution in [2.75, 3.05) is 5.73 Å². The number of amides is 1. The zero-order valence-corrected chi connectivity index (χ0v) is 13.6. The third-order valence-electron chi connectivity index (χ3n) is 4.21. The average Bonchev–Trinajstić information content (AvgIpc) is 2.68. The molecule has 1 aliphatic carbocycles. The number of rotatable bonds is 2. The lowest BCUT2D eigenvalue weighted by atomic mass is 9.69. The lowest BCUT2D eigenvalue weighted by Gasteiger charge is -2.40. The molecular formula is C15H25N3OS. The highest BCUT2D eigenvalue weighted by molar-refractivity contribution is 7.17. The number of nitrogens with zero attached hydrogens (tertiary/aromatic N) is 1.